The van der Waals surface area contributed by atoms with E-state index in [-0.39, 0.29) is 18.2 Å². The first-order chi connectivity index (χ1) is 14.9. The van der Waals surface area contributed by atoms with E-state index in [1.807, 2.05) is 36.6 Å². The number of amides is 1. The van der Waals surface area contributed by atoms with Crippen LogP contribution >= 0.6 is 0 Å². The molecule has 2 aromatic carbocycles. The summed E-state index contributed by atoms with van der Waals surface area (Å²) in [4.78, 5) is 23.6. The molecule has 0 saturated heterocycles. The summed E-state index contributed by atoms with van der Waals surface area (Å²) >= 11 is 0. The van der Waals surface area contributed by atoms with Crippen LogP contribution in [0, 0.1) is 19.7 Å². The number of nitrogens with one attached hydrogen (secondary N) is 2. The lowest BCUT2D eigenvalue weighted by Crippen LogP contribution is -2.26. The molecule has 160 valence electrons. The third-order valence-corrected chi connectivity index (χ3v) is 4.72. The zero-order valence-corrected chi connectivity index (χ0v) is 17.5. The highest BCUT2D eigenvalue weighted by Gasteiger charge is 2.11. The molecule has 1 heterocycles. The Hall–Kier alpha value is -3.94. The lowest BCUT2D eigenvalue weighted by atomic mass is 10.2. The molecule has 8 heteroatoms. The number of rotatable bonds is 7. The quantitative estimate of drug-likeness (QED) is 0.346. The Morgan fingerprint density at radius 2 is 1.84 bits per heavy atom. The van der Waals surface area contributed by atoms with E-state index in [2.05, 4.69) is 15.8 Å². The fraction of sp³-hybridized carbons (Fsp3) is 0.174. The number of esters is 1. The van der Waals surface area contributed by atoms with Crippen LogP contribution in [0.2, 0.25) is 0 Å². The maximum Gasteiger partial charge on any atom is 0.337 e. The number of benzene rings is 2. The maximum absolute atomic E-state index is 13.6. The zero-order chi connectivity index (χ0) is 22.4. The molecule has 0 aliphatic carbocycles. The summed E-state index contributed by atoms with van der Waals surface area (Å²) in [7, 11) is 1.34. The molecule has 0 bridgehead atoms. The molecule has 1 amide bonds. The Bertz CT molecular complexity index is 1120. The normalized spacial score (nSPS) is 10.8. The molecule has 0 saturated carbocycles. The van der Waals surface area contributed by atoms with Gasteiger partial charge in [-0.1, -0.05) is 12.1 Å². The first kappa shape index (κ1) is 21.8. The van der Waals surface area contributed by atoms with Gasteiger partial charge in [-0.3, -0.25) is 4.79 Å². The second-order valence-electron chi connectivity index (χ2n) is 6.83. The smallest absolute Gasteiger partial charge is 0.337 e. The molecule has 3 aromatic rings. The molecule has 0 atom stereocenters. The van der Waals surface area contributed by atoms with Crippen LogP contribution in [0.25, 0.3) is 5.69 Å². The highest BCUT2D eigenvalue weighted by Crippen LogP contribution is 2.20. The average molecular weight is 422 g/mol. The van der Waals surface area contributed by atoms with Crippen molar-refractivity contribution in [3.63, 3.8) is 0 Å². The van der Waals surface area contributed by atoms with E-state index in [1.54, 1.807) is 36.5 Å². The number of hydrazone groups is 1. The van der Waals surface area contributed by atoms with E-state index in [1.165, 1.54) is 13.2 Å². The molecule has 3 rings (SSSR count). The molecule has 0 radical (unpaired) electrons. The van der Waals surface area contributed by atoms with Gasteiger partial charge in [-0.2, -0.15) is 5.10 Å². The Kier molecular flexibility index (Phi) is 6.81. The van der Waals surface area contributed by atoms with Gasteiger partial charge in [-0.05, 0) is 56.3 Å². The third-order valence-electron chi connectivity index (χ3n) is 4.72. The summed E-state index contributed by atoms with van der Waals surface area (Å²) in [6, 6.07) is 15.2. The van der Waals surface area contributed by atoms with E-state index >= 15 is 0 Å². The highest BCUT2D eigenvalue weighted by atomic mass is 19.1. The predicted molar refractivity (Wildman–Crippen MR) is 117 cm³/mol. The van der Waals surface area contributed by atoms with Gasteiger partial charge in [0.2, 0.25) is 0 Å². The van der Waals surface area contributed by atoms with Crippen molar-refractivity contribution in [2.45, 2.75) is 13.8 Å². The van der Waals surface area contributed by atoms with Crippen molar-refractivity contribution in [2.24, 2.45) is 5.10 Å². The Morgan fingerprint density at radius 1 is 1.13 bits per heavy atom. The number of halogens is 1. The van der Waals surface area contributed by atoms with Gasteiger partial charge in [0.25, 0.3) is 5.91 Å². The van der Waals surface area contributed by atoms with Crippen LogP contribution in [0.15, 0.2) is 59.7 Å². The van der Waals surface area contributed by atoms with Crippen LogP contribution in [0.4, 0.5) is 10.1 Å². The van der Waals surface area contributed by atoms with Crippen LogP contribution < -0.4 is 10.7 Å². The lowest BCUT2D eigenvalue weighted by Gasteiger charge is -2.10. The number of hydrogen-bond acceptors (Lipinski definition) is 5. The molecule has 0 fully saturated rings. The standard InChI is InChI=1S/C23H23FN4O3/c1-15-12-18(13-26-27-22(29)14-25-21-7-5-4-6-20(21)24)16(2)28(15)19-10-8-17(9-11-19)23(30)31-3/h4-13,25H,14H2,1-3H3,(H,27,29). The molecule has 0 unspecified atom stereocenters. The van der Waals surface area contributed by atoms with Crippen molar-refractivity contribution in [3.8, 4) is 5.69 Å². The summed E-state index contributed by atoms with van der Waals surface area (Å²) < 4.78 is 20.3. The molecule has 31 heavy (non-hydrogen) atoms. The predicted octanol–water partition coefficient (Wildman–Crippen LogP) is 3.58. The van der Waals surface area contributed by atoms with Gasteiger partial charge in [-0.15, -0.1) is 0 Å². The molecule has 0 aliphatic rings. The van der Waals surface area contributed by atoms with Crippen molar-refractivity contribution < 1.29 is 18.7 Å². The largest absolute Gasteiger partial charge is 0.465 e. The van der Waals surface area contributed by atoms with Gasteiger partial charge >= 0.3 is 5.97 Å². The maximum atomic E-state index is 13.6. The number of hydrogen-bond donors (Lipinski definition) is 2. The number of para-hydroxylation sites is 1. The summed E-state index contributed by atoms with van der Waals surface area (Å²) in [6.45, 7) is 3.78. The molecular weight excluding hydrogens is 399 g/mol. The van der Waals surface area contributed by atoms with Crippen LogP contribution in [-0.2, 0) is 9.53 Å². The van der Waals surface area contributed by atoms with E-state index in [0.717, 1.165) is 22.6 Å². The van der Waals surface area contributed by atoms with E-state index in [0.29, 0.717) is 5.56 Å². The number of ether oxygens (including phenoxy) is 1. The Balaban J connectivity index is 1.65. The first-order valence-corrected chi connectivity index (χ1v) is 9.58. The summed E-state index contributed by atoms with van der Waals surface area (Å²) in [5.74, 6) is -1.21. The second-order valence-corrected chi connectivity index (χ2v) is 6.83. The summed E-state index contributed by atoms with van der Waals surface area (Å²) in [6.07, 6.45) is 1.56. The molecule has 1 aromatic heterocycles. The number of aromatic nitrogens is 1. The highest BCUT2D eigenvalue weighted by molar-refractivity contribution is 5.89. The number of methoxy groups -OCH3 is 1. The van der Waals surface area contributed by atoms with Crippen molar-refractivity contribution >= 4 is 23.8 Å². The molecule has 0 aliphatic heterocycles. The fourth-order valence-electron chi connectivity index (χ4n) is 3.17. The zero-order valence-electron chi connectivity index (χ0n) is 17.5. The van der Waals surface area contributed by atoms with E-state index < -0.39 is 11.7 Å². The number of carbonyl (C=O) groups excluding carboxylic acids is 2. The number of anilines is 1. The summed E-state index contributed by atoms with van der Waals surface area (Å²) in [5.41, 5.74) is 6.77. The third kappa shape index (κ3) is 5.16. The van der Waals surface area contributed by atoms with Gasteiger partial charge in [0.05, 0.1) is 31.1 Å². The SMILES string of the molecule is COC(=O)c1ccc(-n2c(C)cc(C=NNC(=O)CNc3ccccc3F)c2C)cc1. The average Bonchev–Trinajstić information content (AvgIpc) is 3.05. The molecule has 7 nitrogen and oxygen atoms in total. The van der Waals surface area contributed by atoms with Crippen LogP contribution in [0.3, 0.4) is 0 Å². The van der Waals surface area contributed by atoms with E-state index in [4.69, 9.17) is 4.74 Å². The van der Waals surface area contributed by atoms with Crippen LogP contribution in [0.1, 0.15) is 27.3 Å². The number of aryl methyl sites for hydroxylation is 1. The van der Waals surface area contributed by atoms with Crippen molar-refractivity contribution in [1.29, 1.82) is 0 Å². The molecular formula is C23H23FN4O3. The molecule has 2 N–H and O–H groups in total. The van der Waals surface area contributed by atoms with E-state index in [9.17, 15) is 14.0 Å². The first-order valence-electron chi connectivity index (χ1n) is 9.58. The number of nitrogens with zero attached hydrogens (tertiary/aromatic N) is 2. The van der Waals surface area contributed by atoms with Gasteiger partial charge in [0, 0.05) is 22.6 Å². The topological polar surface area (TPSA) is 84.7 Å². The van der Waals surface area contributed by atoms with Gasteiger partial charge in [-0.25, -0.2) is 14.6 Å². The monoisotopic (exact) mass is 422 g/mol. The lowest BCUT2D eigenvalue weighted by molar-refractivity contribution is -0.119. The van der Waals surface area contributed by atoms with Gasteiger partial charge < -0.3 is 14.6 Å². The Morgan fingerprint density at radius 3 is 2.52 bits per heavy atom. The fourth-order valence-corrected chi connectivity index (χ4v) is 3.17. The van der Waals surface area contributed by atoms with Crippen molar-refractivity contribution in [2.75, 3.05) is 19.0 Å². The Labute approximate surface area is 179 Å². The van der Waals surface area contributed by atoms with Crippen molar-refractivity contribution in [1.82, 2.24) is 9.99 Å². The van der Waals surface area contributed by atoms with Gasteiger partial charge in [0.1, 0.15) is 5.82 Å². The summed E-state index contributed by atoms with van der Waals surface area (Å²) in [5, 5.41) is 6.73. The second kappa shape index (κ2) is 9.71. The van der Waals surface area contributed by atoms with Crippen molar-refractivity contribution in [3.05, 3.63) is 82.9 Å². The van der Waals surface area contributed by atoms with Crippen LogP contribution in [-0.4, -0.2) is 36.3 Å². The molecule has 0 spiro atoms. The van der Waals surface area contributed by atoms with Gasteiger partial charge in [0.15, 0.2) is 0 Å². The minimum absolute atomic E-state index is 0.107. The minimum Gasteiger partial charge on any atom is -0.465 e. The van der Waals surface area contributed by atoms with Crippen LogP contribution in [0.5, 0.6) is 0 Å². The number of carbonyl (C=O) groups is 2. The minimum atomic E-state index is -0.425.